The van der Waals surface area contributed by atoms with Crippen LogP contribution in [0.25, 0.3) is 0 Å². The van der Waals surface area contributed by atoms with Crippen molar-refractivity contribution >= 4 is 26.0 Å². The standard InChI is InChI=1S/C7H4BrF2N3O2S/c8-6-4(7(9)10)5(16(12,14)15)3(1-11)2-13-6/h2,7H,(H2,12,14,15). The van der Waals surface area contributed by atoms with Crippen molar-refractivity contribution in [1.29, 1.82) is 5.26 Å². The van der Waals surface area contributed by atoms with E-state index < -0.39 is 32.5 Å². The van der Waals surface area contributed by atoms with Crippen molar-refractivity contribution in [3.05, 3.63) is 21.9 Å². The van der Waals surface area contributed by atoms with Crippen LogP contribution in [0, 0.1) is 11.3 Å². The summed E-state index contributed by atoms with van der Waals surface area (Å²) in [5.41, 5.74) is -1.41. The van der Waals surface area contributed by atoms with Crippen LogP contribution in [0.3, 0.4) is 0 Å². The van der Waals surface area contributed by atoms with Gasteiger partial charge < -0.3 is 0 Å². The molecule has 0 aromatic carbocycles. The van der Waals surface area contributed by atoms with E-state index in [1.807, 2.05) is 0 Å². The van der Waals surface area contributed by atoms with Gasteiger partial charge >= 0.3 is 0 Å². The summed E-state index contributed by atoms with van der Waals surface area (Å²) in [6, 6.07) is 1.45. The lowest BCUT2D eigenvalue weighted by Crippen LogP contribution is -2.17. The fourth-order valence-corrected chi connectivity index (χ4v) is 2.57. The number of halogens is 3. The number of sulfonamides is 1. The highest BCUT2D eigenvalue weighted by atomic mass is 79.9. The van der Waals surface area contributed by atoms with E-state index >= 15 is 0 Å². The second-order valence-electron chi connectivity index (χ2n) is 2.66. The number of primary sulfonamides is 1. The Morgan fingerprint density at radius 3 is 2.50 bits per heavy atom. The first-order valence-electron chi connectivity index (χ1n) is 3.68. The number of hydrogen-bond donors (Lipinski definition) is 1. The van der Waals surface area contributed by atoms with E-state index in [4.69, 9.17) is 10.4 Å². The Balaban J connectivity index is 3.79. The lowest BCUT2D eigenvalue weighted by atomic mass is 10.2. The SMILES string of the molecule is N#Cc1cnc(Br)c(C(F)F)c1S(N)(=O)=O. The summed E-state index contributed by atoms with van der Waals surface area (Å²) in [4.78, 5) is 2.54. The third-order valence-electron chi connectivity index (χ3n) is 1.64. The average molecular weight is 312 g/mol. The molecule has 1 aromatic rings. The van der Waals surface area contributed by atoms with Gasteiger partial charge in [-0.05, 0) is 15.9 Å². The van der Waals surface area contributed by atoms with Crippen LogP contribution in [-0.4, -0.2) is 13.4 Å². The number of alkyl halides is 2. The zero-order valence-electron chi connectivity index (χ0n) is 7.49. The number of aromatic nitrogens is 1. The molecule has 1 aromatic heterocycles. The number of pyridine rings is 1. The smallest absolute Gasteiger partial charge is 0.247 e. The van der Waals surface area contributed by atoms with Crippen molar-refractivity contribution in [2.24, 2.45) is 5.14 Å². The molecule has 9 heteroatoms. The van der Waals surface area contributed by atoms with Gasteiger partial charge in [-0.2, -0.15) is 5.26 Å². The molecule has 86 valence electrons. The van der Waals surface area contributed by atoms with Gasteiger partial charge in [0.1, 0.15) is 15.6 Å². The molecule has 0 aliphatic carbocycles. The molecule has 16 heavy (non-hydrogen) atoms. The molecular weight excluding hydrogens is 308 g/mol. The molecule has 0 unspecified atom stereocenters. The largest absolute Gasteiger partial charge is 0.267 e. The monoisotopic (exact) mass is 311 g/mol. The predicted molar refractivity (Wildman–Crippen MR) is 53.0 cm³/mol. The fraction of sp³-hybridized carbons (Fsp3) is 0.143. The molecule has 0 fully saturated rings. The Hall–Kier alpha value is -1.11. The van der Waals surface area contributed by atoms with Gasteiger partial charge in [0.2, 0.25) is 10.0 Å². The van der Waals surface area contributed by atoms with E-state index in [9.17, 15) is 17.2 Å². The quantitative estimate of drug-likeness (QED) is 0.832. The van der Waals surface area contributed by atoms with E-state index in [0.29, 0.717) is 0 Å². The molecule has 1 rings (SSSR count). The molecule has 1 heterocycles. The van der Waals surface area contributed by atoms with E-state index in [0.717, 1.165) is 6.20 Å². The second-order valence-corrected chi connectivity index (χ2v) is 4.91. The molecule has 0 aliphatic heterocycles. The van der Waals surface area contributed by atoms with Crippen molar-refractivity contribution in [3.8, 4) is 6.07 Å². The van der Waals surface area contributed by atoms with Gasteiger partial charge in [0.05, 0.1) is 11.1 Å². The highest BCUT2D eigenvalue weighted by Crippen LogP contribution is 2.33. The maximum atomic E-state index is 12.6. The number of nitrogens with zero attached hydrogens (tertiary/aromatic N) is 2. The average Bonchev–Trinajstić information content (AvgIpc) is 2.15. The second kappa shape index (κ2) is 4.40. The van der Waals surface area contributed by atoms with E-state index in [-0.39, 0.29) is 4.60 Å². The number of hydrogen-bond acceptors (Lipinski definition) is 4. The first kappa shape index (κ1) is 13.0. The van der Waals surface area contributed by atoms with Crippen LogP contribution in [0.1, 0.15) is 17.6 Å². The summed E-state index contributed by atoms with van der Waals surface area (Å²) < 4.78 is 47.2. The number of nitriles is 1. The van der Waals surface area contributed by atoms with Crippen molar-refractivity contribution in [3.63, 3.8) is 0 Å². The molecule has 5 nitrogen and oxygen atoms in total. The van der Waals surface area contributed by atoms with Gasteiger partial charge in [-0.3, -0.25) is 0 Å². The van der Waals surface area contributed by atoms with Gasteiger partial charge in [0.25, 0.3) is 6.43 Å². The van der Waals surface area contributed by atoms with E-state index in [1.54, 1.807) is 0 Å². The summed E-state index contributed by atoms with van der Waals surface area (Å²) in [5.74, 6) is 0. The lowest BCUT2D eigenvalue weighted by Gasteiger charge is -2.09. The summed E-state index contributed by atoms with van der Waals surface area (Å²) in [6.45, 7) is 0. The van der Waals surface area contributed by atoms with Gasteiger partial charge in [-0.1, -0.05) is 0 Å². The normalized spacial score (nSPS) is 11.5. The van der Waals surface area contributed by atoms with Crippen molar-refractivity contribution in [1.82, 2.24) is 4.98 Å². The first-order valence-corrected chi connectivity index (χ1v) is 6.02. The molecule has 0 amide bonds. The van der Waals surface area contributed by atoms with E-state index in [1.165, 1.54) is 6.07 Å². The molecule has 0 spiro atoms. The highest BCUT2D eigenvalue weighted by molar-refractivity contribution is 9.10. The minimum atomic E-state index is -4.42. The van der Waals surface area contributed by atoms with Gasteiger partial charge in [-0.15, -0.1) is 0 Å². The fourth-order valence-electron chi connectivity index (χ4n) is 1.06. The van der Waals surface area contributed by atoms with Gasteiger partial charge in [-0.25, -0.2) is 27.3 Å². The zero-order valence-corrected chi connectivity index (χ0v) is 9.89. The minimum Gasteiger partial charge on any atom is -0.247 e. The van der Waals surface area contributed by atoms with Gasteiger partial charge in [0, 0.05) is 6.20 Å². The Kier molecular flexibility index (Phi) is 3.57. The van der Waals surface area contributed by atoms with Crippen LogP contribution in [0.5, 0.6) is 0 Å². The molecular formula is C7H4BrF2N3O2S. The molecule has 0 aliphatic rings. The Labute approximate surface area is 98.1 Å². The third kappa shape index (κ3) is 2.34. The summed E-state index contributed by atoms with van der Waals surface area (Å²) in [6.07, 6.45) is -2.25. The van der Waals surface area contributed by atoms with Crippen LogP contribution < -0.4 is 5.14 Å². The molecule has 0 saturated heterocycles. The first-order chi connectivity index (χ1) is 7.29. The van der Waals surface area contributed by atoms with Gasteiger partial charge in [0.15, 0.2) is 0 Å². The third-order valence-corrected chi connectivity index (χ3v) is 3.28. The zero-order chi connectivity index (χ0) is 12.5. The maximum Gasteiger partial charge on any atom is 0.267 e. The topological polar surface area (TPSA) is 96.8 Å². The van der Waals surface area contributed by atoms with Crippen LogP contribution >= 0.6 is 15.9 Å². The van der Waals surface area contributed by atoms with Crippen molar-refractivity contribution in [2.45, 2.75) is 11.3 Å². The predicted octanol–water partition coefficient (Wildman–Crippen LogP) is 1.30. The minimum absolute atomic E-state index is 0.356. The van der Waals surface area contributed by atoms with Crippen LogP contribution in [0.4, 0.5) is 8.78 Å². The summed E-state index contributed by atoms with van der Waals surface area (Å²) in [5, 5.41) is 13.4. The molecule has 0 saturated carbocycles. The van der Waals surface area contributed by atoms with Crippen LogP contribution in [0.2, 0.25) is 0 Å². The summed E-state index contributed by atoms with van der Waals surface area (Å²) in [7, 11) is -4.42. The van der Waals surface area contributed by atoms with Crippen molar-refractivity contribution < 1.29 is 17.2 Å². The number of nitrogens with two attached hydrogens (primary N) is 1. The maximum absolute atomic E-state index is 12.6. The lowest BCUT2D eigenvalue weighted by molar-refractivity contribution is 0.146. The van der Waals surface area contributed by atoms with E-state index in [2.05, 4.69) is 20.9 Å². The number of rotatable bonds is 2. The molecule has 2 N–H and O–H groups in total. The molecule has 0 radical (unpaired) electrons. The highest BCUT2D eigenvalue weighted by Gasteiger charge is 2.27. The Morgan fingerprint density at radius 2 is 2.12 bits per heavy atom. The van der Waals surface area contributed by atoms with Crippen LogP contribution in [0.15, 0.2) is 15.7 Å². The molecule has 0 atom stereocenters. The Bertz CT molecular complexity index is 568. The van der Waals surface area contributed by atoms with Crippen molar-refractivity contribution in [2.75, 3.05) is 0 Å². The molecule has 0 bridgehead atoms. The Morgan fingerprint density at radius 1 is 1.56 bits per heavy atom. The van der Waals surface area contributed by atoms with Crippen LogP contribution in [-0.2, 0) is 10.0 Å². The summed E-state index contributed by atoms with van der Waals surface area (Å²) >= 11 is 2.68.